The van der Waals surface area contributed by atoms with Crippen molar-refractivity contribution in [2.75, 3.05) is 13.7 Å². The first-order valence-electron chi connectivity index (χ1n) is 8.47. The number of nitrogens with two attached hydrogens (primary N) is 1. The largest absolute Gasteiger partial charge is 0.674 e. The normalized spacial score (nSPS) is 28.4. The van der Waals surface area contributed by atoms with Gasteiger partial charge < -0.3 is 26.6 Å². The standard InChI is InChI=1S/C16H31N4O3.Ac/c1-5-9(6-2)13(17)12-11(20-16(18)19-4)8-10(14(12)21)15(22)23-7-3;/h9-14,17,21H,5-8H2,1-4H3,(H3,18,19,20);/q-1;/t10-,11+,12+,13?,14+;/m0./s1. The summed E-state index contributed by atoms with van der Waals surface area (Å²) in [7, 11) is 1.67. The molecule has 0 saturated heterocycles. The third-order valence-corrected chi connectivity index (χ3v) is 4.87. The molecule has 0 aromatic rings. The molecule has 1 fully saturated rings. The van der Waals surface area contributed by atoms with Crippen molar-refractivity contribution >= 4 is 11.9 Å². The van der Waals surface area contributed by atoms with Crippen molar-refractivity contribution in [3.8, 4) is 0 Å². The number of hydrogen-bond donors (Lipinski definition) is 3. The Morgan fingerprint density at radius 3 is 2.46 bits per heavy atom. The molecule has 1 unspecified atom stereocenters. The number of aliphatic hydroxyl groups excluding tert-OH is 1. The number of nitrogens with one attached hydrogen (secondary N) is 2. The minimum absolute atomic E-state index is 0. The summed E-state index contributed by atoms with van der Waals surface area (Å²) < 4.78 is 5.06. The van der Waals surface area contributed by atoms with E-state index in [1.54, 1.807) is 14.0 Å². The molecule has 0 spiro atoms. The maximum Gasteiger partial charge on any atom is 0.311 e. The first kappa shape index (κ1) is 24.1. The summed E-state index contributed by atoms with van der Waals surface area (Å²) in [4.78, 5) is 16.5. The zero-order valence-electron chi connectivity index (χ0n) is 15.2. The molecule has 1 aliphatic carbocycles. The van der Waals surface area contributed by atoms with Crippen LogP contribution >= 0.6 is 0 Å². The first-order chi connectivity index (χ1) is 10.9. The Hall–Kier alpha value is 0.102. The van der Waals surface area contributed by atoms with Crippen LogP contribution in [0.25, 0.3) is 5.73 Å². The van der Waals surface area contributed by atoms with Gasteiger partial charge in [-0.15, -0.1) is 6.04 Å². The van der Waals surface area contributed by atoms with Gasteiger partial charge in [0.25, 0.3) is 0 Å². The molecule has 5 atom stereocenters. The molecule has 0 heterocycles. The zero-order chi connectivity index (χ0) is 17.6. The van der Waals surface area contributed by atoms with Gasteiger partial charge in [-0.2, -0.15) is 0 Å². The van der Waals surface area contributed by atoms with E-state index >= 15 is 0 Å². The Bertz CT molecular complexity index is 418. The van der Waals surface area contributed by atoms with Crippen molar-refractivity contribution in [3.63, 3.8) is 0 Å². The molecule has 1 saturated carbocycles. The van der Waals surface area contributed by atoms with Gasteiger partial charge in [0, 0.05) is 51.1 Å². The number of guanidine groups is 1. The SMILES string of the molecule is CCOC(=O)[C@H]1C[C@@H](N=C(N)NC)[C@H](C([NH-])C(CC)CC)[C@@H]1O.[Ac]. The molecule has 24 heavy (non-hydrogen) atoms. The molecule has 1 radical (unpaired) electrons. The van der Waals surface area contributed by atoms with Crippen molar-refractivity contribution in [1.29, 1.82) is 0 Å². The van der Waals surface area contributed by atoms with Crippen LogP contribution in [0.2, 0.25) is 0 Å². The molecule has 8 heteroatoms. The summed E-state index contributed by atoms with van der Waals surface area (Å²) in [5.74, 6) is -1.05. The van der Waals surface area contributed by atoms with E-state index in [1.165, 1.54) is 0 Å². The fourth-order valence-corrected chi connectivity index (χ4v) is 3.48. The Kier molecular flexibility index (Phi) is 11.7. The number of rotatable bonds is 7. The van der Waals surface area contributed by atoms with Crippen molar-refractivity contribution in [3.05, 3.63) is 5.73 Å². The molecular formula is C16H31AcN4O3-. The Balaban J connectivity index is 0.00000529. The summed E-state index contributed by atoms with van der Waals surface area (Å²) in [6.07, 6.45) is 1.16. The van der Waals surface area contributed by atoms with Crippen LogP contribution in [0.3, 0.4) is 0 Å². The second-order valence-corrected chi connectivity index (χ2v) is 6.10. The van der Waals surface area contributed by atoms with E-state index in [1.807, 2.05) is 13.8 Å². The van der Waals surface area contributed by atoms with Gasteiger partial charge in [0.05, 0.1) is 24.7 Å². The maximum atomic E-state index is 12.1. The molecule has 0 aromatic carbocycles. The van der Waals surface area contributed by atoms with Crippen molar-refractivity contribution in [2.24, 2.45) is 28.5 Å². The zero-order valence-corrected chi connectivity index (χ0v) is 19.9. The van der Waals surface area contributed by atoms with E-state index in [9.17, 15) is 9.90 Å². The van der Waals surface area contributed by atoms with Gasteiger partial charge in [-0.1, -0.05) is 32.6 Å². The minimum Gasteiger partial charge on any atom is -0.674 e. The molecule has 0 aromatic heterocycles. The third-order valence-electron chi connectivity index (χ3n) is 4.87. The van der Waals surface area contributed by atoms with Crippen LogP contribution < -0.4 is 11.1 Å². The number of esters is 1. The molecule has 5 N–H and O–H groups in total. The number of nitrogens with zero attached hydrogens (tertiary/aromatic N) is 1. The van der Waals surface area contributed by atoms with Crippen LogP contribution in [0.1, 0.15) is 40.0 Å². The predicted octanol–water partition coefficient (Wildman–Crippen LogP) is 1.31. The van der Waals surface area contributed by atoms with E-state index in [-0.39, 0.29) is 68.6 Å². The third kappa shape index (κ3) is 5.83. The monoisotopic (exact) mass is 554 g/mol. The van der Waals surface area contributed by atoms with Gasteiger partial charge in [-0.25, -0.2) is 4.99 Å². The predicted molar refractivity (Wildman–Crippen MR) is 90.9 cm³/mol. The fourth-order valence-electron chi connectivity index (χ4n) is 3.48. The van der Waals surface area contributed by atoms with E-state index in [2.05, 4.69) is 10.3 Å². The van der Waals surface area contributed by atoms with Crippen molar-refractivity contribution in [2.45, 2.75) is 58.2 Å². The van der Waals surface area contributed by atoms with Crippen LogP contribution in [-0.4, -0.2) is 48.9 Å². The summed E-state index contributed by atoms with van der Waals surface area (Å²) in [6, 6.07) is -0.840. The van der Waals surface area contributed by atoms with E-state index in [4.69, 9.17) is 16.2 Å². The minimum atomic E-state index is -0.921. The number of aliphatic hydroxyl groups is 1. The summed E-state index contributed by atoms with van der Waals surface area (Å²) >= 11 is 0. The van der Waals surface area contributed by atoms with Crippen molar-refractivity contribution < 1.29 is 58.7 Å². The van der Waals surface area contributed by atoms with Gasteiger partial charge >= 0.3 is 5.97 Å². The van der Waals surface area contributed by atoms with E-state index < -0.39 is 30.0 Å². The van der Waals surface area contributed by atoms with Gasteiger partial charge in [0.15, 0.2) is 5.96 Å². The van der Waals surface area contributed by atoms with E-state index in [0.717, 1.165) is 12.8 Å². The average molecular weight is 554 g/mol. The Morgan fingerprint density at radius 1 is 1.42 bits per heavy atom. The van der Waals surface area contributed by atoms with Gasteiger partial charge in [0.1, 0.15) is 0 Å². The Morgan fingerprint density at radius 2 is 2.00 bits per heavy atom. The van der Waals surface area contributed by atoms with Gasteiger partial charge in [0.2, 0.25) is 0 Å². The van der Waals surface area contributed by atoms with Crippen LogP contribution in [0, 0.1) is 61.8 Å². The van der Waals surface area contributed by atoms with Crippen LogP contribution in [-0.2, 0) is 9.53 Å². The van der Waals surface area contributed by atoms with Crippen LogP contribution in [0.4, 0.5) is 0 Å². The topological polar surface area (TPSA) is 121 Å². The van der Waals surface area contributed by atoms with Crippen LogP contribution in [0.5, 0.6) is 0 Å². The van der Waals surface area contributed by atoms with Gasteiger partial charge in [-0.05, 0) is 19.3 Å². The van der Waals surface area contributed by atoms with E-state index in [0.29, 0.717) is 6.42 Å². The molecule has 0 aliphatic heterocycles. The molecule has 0 bridgehead atoms. The van der Waals surface area contributed by atoms with Crippen LogP contribution in [0.15, 0.2) is 4.99 Å². The molecule has 0 amide bonds. The summed E-state index contributed by atoms with van der Waals surface area (Å²) in [5.41, 5.74) is 14.3. The van der Waals surface area contributed by atoms with Gasteiger partial charge in [-0.3, -0.25) is 4.79 Å². The smallest absolute Gasteiger partial charge is 0.311 e. The second-order valence-electron chi connectivity index (χ2n) is 6.10. The number of ether oxygens (including phenoxy) is 1. The molecule has 137 valence electrons. The second kappa shape index (κ2) is 11.7. The molecule has 1 aliphatic rings. The Labute approximate surface area is 180 Å². The molecule has 1 rings (SSSR count). The first-order valence-corrected chi connectivity index (χ1v) is 8.47. The number of carbonyl (C=O) groups is 1. The van der Waals surface area contributed by atoms with Crippen molar-refractivity contribution in [1.82, 2.24) is 5.32 Å². The number of aliphatic imine (C=N–C) groups is 1. The quantitative estimate of drug-likeness (QED) is 0.249. The maximum absolute atomic E-state index is 12.1. The number of hydrogen-bond acceptors (Lipinski definition) is 4. The number of carbonyl (C=O) groups excluding carboxylic acids is 1. The fraction of sp³-hybridized carbons (Fsp3) is 0.875. The molecule has 7 nitrogen and oxygen atoms in total. The average Bonchev–Trinajstić information content (AvgIpc) is 2.84. The summed E-state index contributed by atoms with van der Waals surface area (Å²) in [6.45, 7) is 6.10. The summed E-state index contributed by atoms with van der Waals surface area (Å²) in [5, 5.41) is 13.4. The molecular weight excluding hydrogens is 523 g/mol.